The van der Waals surface area contributed by atoms with Crippen molar-refractivity contribution in [3.63, 3.8) is 0 Å². The van der Waals surface area contributed by atoms with Gasteiger partial charge in [-0.2, -0.15) is 0 Å². The molecule has 1 fully saturated rings. The van der Waals surface area contributed by atoms with Gasteiger partial charge in [0.1, 0.15) is 0 Å². The van der Waals surface area contributed by atoms with Crippen LogP contribution < -0.4 is 10.6 Å². The quantitative estimate of drug-likeness (QED) is 0.705. The monoisotopic (exact) mass is 445 g/mol. The van der Waals surface area contributed by atoms with Crippen molar-refractivity contribution in [2.24, 2.45) is 0 Å². The fourth-order valence-electron chi connectivity index (χ4n) is 2.97. The van der Waals surface area contributed by atoms with E-state index in [0.717, 1.165) is 17.6 Å². The van der Waals surface area contributed by atoms with E-state index in [4.69, 9.17) is 5.73 Å². The van der Waals surface area contributed by atoms with Crippen LogP contribution in [0.25, 0.3) is 0 Å². The molecule has 1 aliphatic rings. The maximum Gasteiger partial charge on any atom is 0.256 e. The standard InChI is InChI=1S/C18H20BrN3O.2ClH/c1-13-4-2-3-5-17(13)21-8-10-22(11-9-21)18(23)15-7-6-14(19)12-16(15)20;;/h2-7,12H,8-11,20H2,1H3;2*1H. The lowest BCUT2D eigenvalue weighted by Crippen LogP contribution is -2.49. The van der Waals surface area contributed by atoms with Gasteiger partial charge in [-0.05, 0) is 36.8 Å². The van der Waals surface area contributed by atoms with Crippen molar-refractivity contribution in [3.05, 3.63) is 58.1 Å². The largest absolute Gasteiger partial charge is 0.398 e. The highest BCUT2D eigenvalue weighted by Crippen LogP contribution is 2.23. The Balaban J connectivity index is 0.00000156. The summed E-state index contributed by atoms with van der Waals surface area (Å²) in [7, 11) is 0. The molecule has 2 aromatic carbocycles. The molecule has 1 amide bonds. The molecule has 0 aliphatic carbocycles. The van der Waals surface area contributed by atoms with Crippen LogP contribution in [0.2, 0.25) is 0 Å². The van der Waals surface area contributed by atoms with Gasteiger partial charge in [-0.15, -0.1) is 24.8 Å². The lowest BCUT2D eigenvalue weighted by molar-refractivity contribution is 0.0748. The molecule has 2 aromatic rings. The average molecular weight is 447 g/mol. The second kappa shape index (κ2) is 9.32. The molecule has 0 saturated carbocycles. The van der Waals surface area contributed by atoms with E-state index in [1.165, 1.54) is 11.3 Å². The van der Waals surface area contributed by atoms with Gasteiger partial charge in [-0.1, -0.05) is 34.1 Å². The zero-order chi connectivity index (χ0) is 16.4. The minimum atomic E-state index is 0. The summed E-state index contributed by atoms with van der Waals surface area (Å²) in [6, 6.07) is 13.8. The van der Waals surface area contributed by atoms with E-state index in [0.29, 0.717) is 24.3 Å². The van der Waals surface area contributed by atoms with Crippen molar-refractivity contribution in [2.75, 3.05) is 36.8 Å². The summed E-state index contributed by atoms with van der Waals surface area (Å²) < 4.78 is 0.885. The maximum atomic E-state index is 12.7. The van der Waals surface area contributed by atoms with E-state index in [2.05, 4.69) is 52.0 Å². The number of amides is 1. The Morgan fingerprint density at radius 1 is 1.04 bits per heavy atom. The Bertz CT molecular complexity index is 734. The van der Waals surface area contributed by atoms with Gasteiger partial charge in [0.25, 0.3) is 5.91 Å². The first-order valence-electron chi connectivity index (χ1n) is 7.71. The number of benzene rings is 2. The molecule has 1 heterocycles. The van der Waals surface area contributed by atoms with Crippen LogP contribution in [0.5, 0.6) is 0 Å². The fourth-order valence-corrected chi connectivity index (χ4v) is 3.35. The third-order valence-corrected chi connectivity index (χ3v) is 4.76. The molecule has 0 radical (unpaired) electrons. The first kappa shape index (κ1) is 21.6. The first-order valence-corrected chi connectivity index (χ1v) is 8.50. The fraction of sp³-hybridized carbons (Fsp3) is 0.278. The highest BCUT2D eigenvalue weighted by molar-refractivity contribution is 9.10. The zero-order valence-corrected chi connectivity index (χ0v) is 17.2. The summed E-state index contributed by atoms with van der Waals surface area (Å²) in [5.41, 5.74) is 9.60. The molecule has 4 nitrogen and oxygen atoms in total. The summed E-state index contributed by atoms with van der Waals surface area (Å²) >= 11 is 3.37. The molecule has 136 valence electrons. The molecule has 1 aliphatic heterocycles. The summed E-state index contributed by atoms with van der Waals surface area (Å²) in [5.74, 6) is 0.0134. The molecule has 2 N–H and O–H groups in total. The number of hydrogen-bond donors (Lipinski definition) is 1. The molecular formula is C18H22BrCl2N3O. The summed E-state index contributed by atoms with van der Waals surface area (Å²) in [6.45, 7) is 5.22. The van der Waals surface area contributed by atoms with Gasteiger partial charge in [-0.25, -0.2) is 0 Å². The normalized spacial score (nSPS) is 13.7. The number of aryl methyl sites for hydroxylation is 1. The Morgan fingerprint density at radius 2 is 1.68 bits per heavy atom. The Morgan fingerprint density at radius 3 is 2.28 bits per heavy atom. The highest BCUT2D eigenvalue weighted by Gasteiger charge is 2.24. The van der Waals surface area contributed by atoms with Crippen LogP contribution in [-0.2, 0) is 0 Å². The van der Waals surface area contributed by atoms with E-state index in [1.807, 2.05) is 11.0 Å². The van der Waals surface area contributed by atoms with Crippen LogP contribution in [0.3, 0.4) is 0 Å². The van der Waals surface area contributed by atoms with Crippen LogP contribution in [0.15, 0.2) is 46.9 Å². The zero-order valence-electron chi connectivity index (χ0n) is 13.9. The molecule has 25 heavy (non-hydrogen) atoms. The van der Waals surface area contributed by atoms with Crippen LogP contribution >= 0.6 is 40.7 Å². The molecule has 7 heteroatoms. The van der Waals surface area contributed by atoms with Crippen molar-refractivity contribution in [1.29, 1.82) is 0 Å². The average Bonchev–Trinajstić information content (AvgIpc) is 2.55. The third kappa shape index (κ3) is 4.81. The minimum absolute atomic E-state index is 0. The number of carbonyl (C=O) groups excluding carboxylic acids is 1. The molecule has 0 aromatic heterocycles. The molecule has 0 bridgehead atoms. The number of anilines is 2. The number of halogens is 3. The predicted molar refractivity (Wildman–Crippen MR) is 112 cm³/mol. The highest BCUT2D eigenvalue weighted by atomic mass is 79.9. The van der Waals surface area contributed by atoms with E-state index in [-0.39, 0.29) is 30.7 Å². The van der Waals surface area contributed by atoms with Gasteiger partial charge in [0, 0.05) is 42.0 Å². The van der Waals surface area contributed by atoms with Gasteiger partial charge in [0.05, 0.1) is 5.56 Å². The van der Waals surface area contributed by atoms with Crippen LogP contribution in [0.4, 0.5) is 11.4 Å². The summed E-state index contributed by atoms with van der Waals surface area (Å²) in [5, 5.41) is 0. The maximum absolute atomic E-state index is 12.7. The van der Waals surface area contributed by atoms with Crippen LogP contribution in [-0.4, -0.2) is 37.0 Å². The van der Waals surface area contributed by atoms with E-state index < -0.39 is 0 Å². The van der Waals surface area contributed by atoms with Gasteiger partial charge in [-0.3, -0.25) is 4.79 Å². The predicted octanol–water partition coefficient (Wildman–Crippen LogP) is 4.15. The smallest absolute Gasteiger partial charge is 0.256 e. The number of para-hydroxylation sites is 1. The number of nitrogen functional groups attached to an aromatic ring is 1. The second-order valence-corrected chi connectivity index (χ2v) is 6.71. The van der Waals surface area contributed by atoms with Crippen molar-refractivity contribution in [1.82, 2.24) is 4.90 Å². The number of rotatable bonds is 2. The van der Waals surface area contributed by atoms with Gasteiger partial charge in [0.2, 0.25) is 0 Å². The lowest BCUT2D eigenvalue weighted by atomic mass is 10.1. The Hall–Kier alpha value is -1.43. The number of nitrogens with two attached hydrogens (primary N) is 1. The molecule has 1 saturated heterocycles. The van der Waals surface area contributed by atoms with Crippen molar-refractivity contribution >= 4 is 58.0 Å². The van der Waals surface area contributed by atoms with Gasteiger partial charge < -0.3 is 15.5 Å². The molecular weight excluding hydrogens is 425 g/mol. The first-order chi connectivity index (χ1) is 11.1. The number of nitrogens with zero attached hydrogens (tertiary/aromatic N) is 2. The van der Waals surface area contributed by atoms with Crippen molar-refractivity contribution in [3.8, 4) is 0 Å². The molecule has 0 atom stereocenters. The molecule has 0 spiro atoms. The lowest BCUT2D eigenvalue weighted by Gasteiger charge is -2.37. The van der Waals surface area contributed by atoms with E-state index in [9.17, 15) is 4.79 Å². The van der Waals surface area contributed by atoms with Gasteiger partial charge >= 0.3 is 0 Å². The van der Waals surface area contributed by atoms with E-state index >= 15 is 0 Å². The number of piperazine rings is 1. The van der Waals surface area contributed by atoms with Crippen LogP contribution in [0.1, 0.15) is 15.9 Å². The van der Waals surface area contributed by atoms with Gasteiger partial charge in [0.15, 0.2) is 0 Å². The number of hydrogen-bond acceptors (Lipinski definition) is 3. The Labute approximate surface area is 169 Å². The van der Waals surface area contributed by atoms with Crippen molar-refractivity contribution in [2.45, 2.75) is 6.92 Å². The van der Waals surface area contributed by atoms with E-state index in [1.54, 1.807) is 12.1 Å². The summed E-state index contributed by atoms with van der Waals surface area (Å²) in [6.07, 6.45) is 0. The summed E-state index contributed by atoms with van der Waals surface area (Å²) in [4.78, 5) is 16.9. The van der Waals surface area contributed by atoms with Crippen molar-refractivity contribution < 1.29 is 4.79 Å². The second-order valence-electron chi connectivity index (χ2n) is 5.80. The SMILES string of the molecule is Cc1ccccc1N1CCN(C(=O)c2ccc(Br)cc2N)CC1.Cl.Cl. The minimum Gasteiger partial charge on any atom is -0.398 e. The molecule has 3 rings (SSSR count). The number of carbonyl (C=O) groups is 1. The molecule has 0 unspecified atom stereocenters. The topological polar surface area (TPSA) is 49.6 Å². The Kier molecular flexibility index (Phi) is 8.06. The van der Waals surface area contributed by atoms with Crippen LogP contribution in [0, 0.1) is 6.92 Å². The third-order valence-electron chi connectivity index (χ3n) is 4.27.